The number of hydrogen-bond acceptors (Lipinski definition) is 3. The lowest BCUT2D eigenvalue weighted by Gasteiger charge is -2.04. The van der Waals surface area contributed by atoms with Crippen LogP contribution in [0.5, 0.6) is 5.75 Å². The van der Waals surface area contributed by atoms with Crippen LogP contribution in [0.1, 0.15) is 10.6 Å². The van der Waals surface area contributed by atoms with Crippen LogP contribution in [0.25, 0.3) is 11.3 Å². The minimum Gasteiger partial charge on any atom is -0.497 e. The molecule has 0 spiro atoms. The second-order valence-corrected chi connectivity index (χ2v) is 4.85. The molecule has 2 aromatic carbocycles. The highest BCUT2D eigenvalue weighted by Crippen LogP contribution is 2.23. The molecule has 4 nitrogen and oxygen atoms in total. The van der Waals surface area contributed by atoms with E-state index >= 15 is 0 Å². The van der Waals surface area contributed by atoms with Gasteiger partial charge in [-0.2, -0.15) is 0 Å². The summed E-state index contributed by atoms with van der Waals surface area (Å²) in [6, 6.07) is 16.1. The summed E-state index contributed by atoms with van der Waals surface area (Å²) in [5.41, 5.74) is 1.34. The zero-order chi connectivity index (χ0) is 16.2. The van der Waals surface area contributed by atoms with Gasteiger partial charge in [0.25, 0.3) is 5.91 Å². The first kappa shape index (κ1) is 14.8. The molecule has 0 aliphatic heterocycles. The zero-order valence-electron chi connectivity index (χ0n) is 12.4. The van der Waals surface area contributed by atoms with Crippen LogP contribution in [-0.4, -0.2) is 13.0 Å². The number of carbonyl (C=O) groups is 1. The van der Waals surface area contributed by atoms with Crippen molar-refractivity contribution >= 4 is 11.6 Å². The average Bonchev–Trinajstić information content (AvgIpc) is 3.06. The molecule has 1 aromatic heterocycles. The van der Waals surface area contributed by atoms with Crippen molar-refractivity contribution in [1.29, 1.82) is 0 Å². The molecule has 3 rings (SSSR count). The molecule has 0 saturated carbocycles. The highest BCUT2D eigenvalue weighted by molar-refractivity contribution is 6.02. The molecule has 23 heavy (non-hydrogen) atoms. The summed E-state index contributed by atoms with van der Waals surface area (Å²) in [6.07, 6.45) is 0. The third-order valence-corrected chi connectivity index (χ3v) is 3.31. The first-order valence-electron chi connectivity index (χ1n) is 6.97. The van der Waals surface area contributed by atoms with E-state index in [0.717, 1.165) is 0 Å². The zero-order valence-corrected chi connectivity index (χ0v) is 12.4. The lowest BCUT2D eigenvalue weighted by atomic mass is 10.2. The first-order valence-corrected chi connectivity index (χ1v) is 6.97. The number of halogens is 1. The Labute approximate surface area is 132 Å². The fourth-order valence-corrected chi connectivity index (χ4v) is 2.10. The minimum atomic E-state index is -0.358. The number of methoxy groups -OCH3 is 1. The van der Waals surface area contributed by atoms with Crippen molar-refractivity contribution in [3.8, 4) is 17.1 Å². The van der Waals surface area contributed by atoms with Gasteiger partial charge in [0.05, 0.1) is 7.11 Å². The number of nitrogens with one attached hydrogen (secondary N) is 1. The van der Waals surface area contributed by atoms with E-state index in [2.05, 4.69) is 5.32 Å². The Morgan fingerprint density at radius 3 is 2.35 bits per heavy atom. The molecule has 116 valence electrons. The van der Waals surface area contributed by atoms with Gasteiger partial charge >= 0.3 is 0 Å². The van der Waals surface area contributed by atoms with Crippen LogP contribution < -0.4 is 10.1 Å². The first-order chi connectivity index (χ1) is 11.2. The fraction of sp³-hybridized carbons (Fsp3) is 0.0556. The van der Waals surface area contributed by atoms with Crippen molar-refractivity contribution in [2.45, 2.75) is 0 Å². The van der Waals surface area contributed by atoms with Crippen LogP contribution in [0.4, 0.5) is 10.1 Å². The summed E-state index contributed by atoms with van der Waals surface area (Å²) in [7, 11) is 1.58. The lowest BCUT2D eigenvalue weighted by Crippen LogP contribution is -2.10. The molecule has 0 unspecified atom stereocenters. The van der Waals surface area contributed by atoms with Crippen LogP contribution in [0, 0.1) is 5.82 Å². The normalized spacial score (nSPS) is 10.3. The third kappa shape index (κ3) is 3.40. The molecule has 0 aliphatic rings. The van der Waals surface area contributed by atoms with Crippen molar-refractivity contribution in [2.75, 3.05) is 12.4 Å². The number of hydrogen-bond donors (Lipinski definition) is 1. The number of ether oxygens (including phenoxy) is 1. The maximum atomic E-state index is 12.9. The molecule has 0 saturated heterocycles. The van der Waals surface area contributed by atoms with Gasteiger partial charge in [0.15, 0.2) is 5.76 Å². The number of furan rings is 1. The number of anilines is 1. The second kappa shape index (κ2) is 6.36. The predicted molar refractivity (Wildman–Crippen MR) is 85.0 cm³/mol. The second-order valence-electron chi connectivity index (χ2n) is 4.85. The van der Waals surface area contributed by atoms with E-state index in [-0.39, 0.29) is 17.5 Å². The fourth-order valence-electron chi connectivity index (χ4n) is 2.10. The molecule has 0 atom stereocenters. The predicted octanol–water partition coefficient (Wildman–Crippen LogP) is 4.35. The van der Waals surface area contributed by atoms with Gasteiger partial charge in [0, 0.05) is 11.3 Å². The summed E-state index contributed by atoms with van der Waals surface area (Å²) < 4.78 is 23.5. The molecular weight excluding hydrogens is 297 g/mol. The van der Waals surface area contributed by atoms with E-state index in [9.17, 15) is 9.18 Å². The van der Waals surface area contributed by atoms with Gasteiger partial charge in [-0.25, -0.2) is 4.39 Å². The maximum absolute atomic E-state index is 12.9. The summed E-state index contributed by atoms with van der Waals surface area (Å²) >= 11 is 0. The van der Waals surface area contributed by atoms with Crippen LogP contribution in [0.2, 0.25) is 0 Å². The van der Waals surface area contributed by atoms with E-state index < -0.39 is 0 Å². The third-order valence-electron chi connectivity index (χ3n) is 3.31. The van der Waals surface area contributed by atoms with Gasteiger partial charge in [0.1, 0.15) is 17.3 Å². The van der Waals surface area contributed by atoms with Gasteiger partial charge in [-0.05, 0) is 60.7 Å². The SMILES string of the molecule is COc1ccc(NC(=O)c2ccc(-c3ccc(F)cc3)o2)cc1. The molecule has 0 bridgehead atoms. The van der Waals surface area contributed by atoms with E-state index in [1.54, 1.807) is 55.6 Å². The summed E-state index contributed by atoms with van der Waals surface area (Å²) in [5, 5.41) is 2.74. The van der Waals surface area contributed by atoms with Gasteiger partial charge in [0.2, 0.25) is 0 Å². The maximum Gasteiger partial charge on any atom is 0.291 e. The van der Waals surface area contributed by atoms with Crippen molar-refractivity contribution in [1.82, 2.24) is 0 Å². The summed E-state index contributed by atoms with van der Waals surface area (Å²) in [4.78, 5) is 12.2. The molecule has 1 N–H and O–H groups in total. The molecule has 5 heteroatoms. The Kier molecular flexibility index (Phi) is 4.10. The van der Waals surface area contributed by atoms with Crippen molar-refractivity contribution in [2.24, 2.45) is 0 Å². The standard InChI is InChI=1S/C18H14FNO3/c1-22-15-8-6-14(7-9-15)20-18(21)17-11-10-16(23-17)12-2-4-13(19)5-3-12/h2-11H,1H3,(H,20,21). The van der Waals surface area contributed by atoms with E-state index in [0.29, 0.717) is 22.8 Å². The Morgan fingerprint density at radius 2 is 1.70 bits per heavy atom. The molecule has 3 aromatic rings. The number of benzene rings is 2. The monoisotopic (exact) mass is 311 g/mol. The average molecular weight is 311 g/mol. The van der Waals surface area contributed by atoms with Gasteiger partial charge in [-0.15, -0.1) is 0 Å². The largest absolute Gasteiger partial charge is 0.497 e. The van der Waals surface area contributed by atoms with E-state index in [4.69, 9.17) is 9.15 Å². The Morgan fingerprint density at radius 1 is 1.00 bits per heavy atom. The molecule has 0 fully saturated rings. The Bertz CT molecular complexity index is 807. The van der Waals surface area contributed by atoms with Crippen molar-refractivity contribution < 1.29 is 18.3 Å². The lowest BCUT2D eigenvalue weighted by molar-refractivity contribution is 0.0997. The number of carbonyl (C=O) groups excluding carboxylic acids is 1. The highest BCUT2D eigenvalue weighted by Gasteiger charge is 2.12. The topological polar surface area (TPSA) is 51.5 Å². The Balaban J connectivity index is 1.74. The smallest absolute Gasteiger partial charge is 0.291 e. The quantitative estimate of drug-likeness (QED) is 0.779. The molecular formula is C18H14FNO3. The molecule has 1 amide bonds. The van der Waals surface area contributed by atoms with Gasteiger partial charge in [-0.3, -0.25) is 4.79 Å². The number of amides is 1. The molecule has 0 radical (unpaired) electrons. The summed E-state index contributed by atoms with van der Waals surface area (Å²) in [5.74, 6) is 0.714. The highest BCUT2D eigenvalue weighted by atomic mass is 19.1. The molecule has 1 heterocycles. The van der Waals surface area contributed by atoms with Crippen LogP contribution >= 0.6 is 0 Å². The van der Waals surface area contributed by atoms with Gasteiger partial charge in [-0.1, -0.05) is 0 Å². The van der Waals surface area contributed by atoms with Crippen LogP contribution in [0.3, 0.4) is 0 Å². The summed E-state index contributed by atoms with van der Waals surface area (Å²) in [6.45, 7) is 0. The minimum absolute atomic E-state index is 0.181. The van der Waals surface area contributed by atoms with E-state index in [1.807, 2.05) is 0 Å². The van der Waals surface area contributed by atoms with Crippen molar-refractivity contribution in [3.05, 3.63) is 72.2 Å². The van der Waals surface area contributed by atoms with Crippen LogP contribution in [0.15, 0.2) is 65.1 Å². The molecule has 0 aliphatic carbocycles. The Hall–Kier alpha value is -3.08. The number of rotatable bonds is 4. The van der Waals surface area contributed by atoms with E-state index in [1.165, 1.54) is 12.1 Å². The van der Waals surface area contributed by atoms with Crippen molar-refractivity contribution in [3.63, 3.8) is 0 Å². The van der Waals surface area contributed by atoms with Crippen LogP contribution in [-0.2, 0) is 0 Å². The van der Waals surface area contributed by atoms with Gasteiger partial charge < -0.3 is 14.5 Å².